The molecular formula is C16H17NO2S. The number of hydrogen-bond acceptors (Lipinski definition) is 2. The quantitative estimate of drug-likeness (QED) is 0.847. The molecule has 2 aromatic rings. The van der Waals surface area contributed by atoms with E-state index < -0.39 is 10.0 Å². The molecule has 0 aromatic heterocycles. The number of benzene rings is 2. The topological polar surface area (TPSA) is 37.4 Å². The van der Waals surface area contributed by atoms with Gasteiger partial charge in [-0.3, -0.25) is 4.31 Å². The molecule has 0 amide bonds. The summed E-state index contributed by atoms with van der Waals surface area (Å²) in [5.74, 6) is 0. The number of sulfonamides is 1. The molecule has 2 aromatic carbocycles. The van der Waals surface area contributed by atoms with E-state index in [2.05, 4.69) is 0 Å². The van der Waals surface area contributed by atoms with Crippen LogP contribution in [0, 0.1) is 0 Å². The predicted molar refractivity (Wildman–Crippen MR) is 82.3 cm³/mol. The van der Waals surface area contributed by atoms with Crippen molar-refractivity contribution >= 4 is 16.1 Å². The molecule has 0 aliphatic carbocycles. The van der Waals surface area contributed by atoms with Crippen LogP contribution in [0.4, 0.5) is 0 Å². The fourth-order valence-electron chi connectivity index (χ4n) is 1.78. The molecular weight excluding hydrogens is 270 g/mol. The lowest BCUT2D eigenvalue weighted by Gasteiger charge is -2.17. The second-order valence-electron chi connectivity index (χ2n) is 4.52. The lowest BCUT2D eigenvalue weighted by atomic mass is 10.2. The molecule has 0 heterocycles. The predicted octanol–water partition coefficient (Wildman–Crippen LogP) is 3.12. The van der Waals surface area contributed by atoms with E-state index in [1.807, 2.05) is 60.7 Å². The van der Waals surface area contributed by atoms with Crippen molar-refractivity contribution in [1.29, 1.82) is 0 Å². The van der Waals surface area contributed by atoms with E-state index in [4.69, 9.17) is 0 Å². The van der Waals surface area contributed by atoms with E-state index in [1.54, 1.807) is 12.3 Å². The molecule has 0 aliphatic rings. The van der Waals surface area contributed by atoms with E-state index in [0.29, 0.717) is 6.54 Å². The molecule has 0 aliphatic heterocycles. The monoisotopic (exact) mass is 287 g/mol. The average molecular weight is 287 g/mol. The van der Waals surface area contributed by atoms with Crippen molar-refractivity contribution in [2.24, 2.45) is 0 Å². The van der Waals surface area contributed by atoms with Gasteiger partial charge in [0.2, 0.25) is 10.0 Å². The third kappa shape index (κ3) is 4.24. The van der Waals surface area contributed by atoms with Crippen LogP contribution in [-0.4, -0.2) is 19.0 Å². The van der Waals surface area contributed by atoms with Crippen molar-refractivity contribution in [2.75, 3.05) is 6.26 Å². The van der Waals surface area contributed by atoms with Crippen molar-refractivity contribution in [3.63, 3.8) is 0 Å². The highest BCUT2D eigenvalue weighted by Gasteiger charge is 2.12. The number of rotatable bonds is 5. The van der Waals surface area contributed by atoms with Crippen molar-refractivity contribution < 1.29 is 8.42 Å². The summed E-state index contributed by atoms with van der Waals surface area (Å²) in [6.07, 6.45) is 4.62. The second kappa shape index (κ2) is 6.39. The zero-order valence-electron chi connectivity index (χ0n) is 11.3. The zero-order valence-corrected chi connectivity index (χ0v) is 12.1. The zero-order chi connectivity index (χ0) is 14.4. The Morgan fingerprint density at radius 3 is 2.05 bits per heavy atom. The molecule has 20 heavy (non-hydrogen) atoms. The van der Waals surface area contributed by atoms with Crippen LogP contribution in [0.15, 0.2) is 66.9 Å². The molecule has 0 unspecified atom stereocenters. The maximum atomic E-state index is 11.8. The van der Waals surface area contributed by atoms with Gasteiger partial charge in [-0.15, -0.1) is 0 Å². The maximum Gasteiger partial charge on any atom is 0.232 e. The smallest absolute Gasteiger partial charge is 0.232 e. The number of nitrogens with zero attached hydrogens (tertiary/aromatic N) is 1. The molecule has 104 valence electrons. The van der Waals surface area contributed by atoms with E-state index in [1.165, 1.54) is 10.6 Å². The molecule has 0 saturated carbocycles. The SMILES string of the molecule is CS(=O)(=O)N(/C=C\c1ccccc1)Cc1ccccc1. The largest absolute Gasteiger partial charge is 0.273 e. The summed E-state index contributed by atoms with van der Waals surface area (Å²) in [5, 5.41) is 0. The molecule has 0 bridgehead atoms. The molecule has 0 saturated heterocycles. The standard InChI is InChI=1S/C16H17NO2S/c1-20(18,19)17(14-16-10-6-3-7-11-16)13-12-15-8-4-2-5-9-15/h2-13H,14H2,1H3/b13-12-. The van der Waals surface area contributed by atoms with Gasteiger partial charge in [-0.05, 0) is 17.2 Å². The van der Waals surface area contributed by atoms with E-state index in [0.717, 1.165) is 11.1 Å². The second-order valence-corrected chi connectivity index (χ2v) is 6.46. The summed E-state index contributed by atoms with van der Waals surface area (Å²) in [6, 6.07) is 19.2. The first-order valence-corrected chi connectivity index (χ1v) is 8.14. The van der Waals surface area contributed by atoms with Gasteiger partial charge in [0.1, 0.15) is 0 Å². The van der Waals surface area contributed by atoms with Gasteiger partial charge in [0.25, 0.3) is 0 Å². The Morgan fingerprint density at radius 1 is 0.950 bits per heavy atom. The summed E-state index contributed by atoms with van der Waals surface area (Å²) < 4.78 is 25.0. The van der Waals surface area contributed by atoms with E-state index in [9.17, 15) is 8.42 Å². The van der Waals surface area contributed by atoms with Crippen LogP contribution in [0.1, 0.15) is 11.1 Å². The van der Waals surface area contributed by atoms with Gasteiger partial charge >= 0.3 is 0 Å². The Bertz CT molecular complexity index is 664. The first-order chi connectivity index (χ1) is 9.55. The van der Waals surface area contributed by atoms with Gasteiger partial charge in [0, 0.05) is 6.20 Å². The average Bonchev–Trinajstić information content (AvgIpc) is 2.44. The van der Waals surface area contributed by atoms with Gasteiger partial charge in [-0.2, -0.15) is 0 Å². The summed E-state index contributed by atoms with van der Waals surface area (Å²) >= 11 is 0. The summed E-state index contributed by atoms with van der Waals surface area (Å²) in [5.41, 5.74) is 1.92. The Balaban J connectivity index is 2.19. The number of hydrogen-bond donors (Lipinski definition) is 0. The fraction of sp³-hybridized carbons (Fsp3) is 0.125. The van der Waals surface area contributed by atoms with Crippen LogP contribution in [0.3, 0.4) is 0 Å². The van der Waals surface area contributed by atoms with Gasteiger partial charge in [-0.1, -0.05) is 60.7 Å². The highest BCUT2D eigenvalue weighted by molar-refractivity contribution is 7.88. The lowest BCUT2D eigenvalue weighted by Crippen LogP contribution is -2.23. The summed E-state index contributed by atoms with van der Waals surface area (Å²) in [7, 11) is -3.29. The summed E-state index contributed by atoms with van der Waals surface area (Å²) in [6.45, 7) is 0.336. The molecule has 0 spiro atoms. The highest BCUT2D eigenvalue weighted by atomic mass is 32.2. The third-order valence-electron chi connectivity index (χ3n) is 2.84. The van der Waals surface area contributed by atoms with E-state index >= 15 is 0 Å². The molecule has 3 nitrogen and oxygen atoms in total. The van der Waals surface area contributed by atoms with Gasteiger partial charge in [-0.25, -0.2) is 8.42 Å². The molecule has 0 radical (unpaired) electrons. The lowest BCUT2D eigenvalue weighted by molar-refractivity contribution is 0.503. The normalized spacial score (nSPS) is 11.7. The van der Waals surface area contributed by atoms with Crippen LogP contribution in [-0.2, 0) is 16.6 Å². The minimum absolute atomic E-state index is 0.336. The van der Waals surface area contributed by atoms with Gasteiger partial charge in [0.15, 0.2) is 0 Å². The van der Waals surface area contributed by atoms with E-state index in [-0.39, 0.29) is 0 Å². The molecule has 0 atom stereocenters. The Hall–Kier alpha value is -2.07. The van der Waals surface area contributed by atoms with Crippen LogP contribution < -0.4 is 0 Å². The Labute approximate surface area is 120 Å². The minimum atomic E-state index is -3.29. The maximum absolute atomic E-state index is 11.8. The van der Waals surface area contributed by atoms with Crippen LogP contribution >= 0.6 is 0 Å². The fourth-order valence-corrected chi connectivity index (χ4v) is 2.44. The minimum Gasteiger partial charge on any atom is -0.273 e. The first kappa shape index (κ1) is 14.3. The Morgan fingerprint density at radius 2 is 1.50 bits per heavy atom. The van der Waals surface area contributed by atoms with Crippen LogP contribution in [0.25, 0.3) is 6.08 Å². The van der Waals surface area contributed by atoms with Crippen molar-refractivity contribution in [3.05, 3.63) is 78.0 Å². The van der Waals surface area contributed by atoms with Crippen molar-refractivity contribution in [3.8, 4) is 0 Å². The molecule has 2 rings (SSSR count). The third-order valence-corrected chi connectivity index (χ3v) is 3.94. The van der Waals surface area contributed by atoms with Crippen LogP contribution in [0.5, 0.6) is 0 Å². The molecule has 0 N–H and O–H groups in total. The highest BCUT2D eigenvalue weighted by Crippen LogP contribution is 2.11. The van der Waals surface area contributed by atoms with Crippen molar-refractivity contribution in [1.82, 2.24) is 4.31 Å². The van der Waals surface area contributed by atoms with Crippen LogP contribution in [0.2, 0.25) is 0 Å². The van der Waals surface area contributed by atoms with Crippen molar-refractivity contribution in [2.45, 2.75) is 6.54 Å². The first-order valence-electron chi connectivity index (χ1n) is 6.30. The molecule has 4 heteroatoms. The molecule has 0 fully saturated rings. The summed E-state index contributed by atoms with van der Waals surface area (Å²) in [4.78, 5) is 0. The van der Waals surface area contributed by atoms with Gasteiger partial charge in [0.05, 0.1) is 12.8 Å². The Kier molecular flexibility index (Phi) is 4.58. The van der Waals surface area contributed by atoms with Gasteiger partial charge < -0.3 is 0 Å².